The van der Waals surface area contributed by atoms with Crippen LogP contribution in [0.15, 0.2) is 18.2 Å². The molecule has 4 nitrogen and oxygen atoms in total. The molecule has 1 aromatic carbocycles. The number of aryl methyl sites for hydroxylation is 1. The van der Waals surface area contributed by atoms with Crippen molar-refractivity contribution >= 4 is 12.1 Å². The third-order valence-corrected chi connectivity index (χ3v) is 2.41. The van der Waals surface area contributed by atoms with Crippen LogP contribution in [0.4, 0.5) is 14.6 Å². The zero-order valence-electron chi connectivity index (χ0n) is 8.95. The molecule has 6 heteroatoms. The fourth-order valence-electron chi connectivity index (χ4n) is 1.56. The van der Waals surface area contributed by atoms with Gasteiger partial charge >= 0.3 is 0 Å². The Morgan fingerprint density at radius 1 is 1.35 bits per heavy atom. The second-order valence-corrected chi connectivity index (χ2v) is 3.48. The first-order valence-corrected chi connectivity index (χ1v) is 4.81. The van der Waals surface area contributed by atoms with Gasteiger partial charge < -0.3 is 5.73 Å². The van der Waals surface area contributed by atoms with E-state index in [1.165, 1.54) is 13.0 Å². The molecule has 2 N–H and O–H groups in total. The second kappa shape index (κ2) is 3.97. The van der Waals surface area contributed by atoms with E-state index in [1.807, 2.05) is 0 Å². The highest BCUT2D eigenvalue weighted by atomic mass is 19.1. The van der Waals surface area contributed by atoms with Crippen molar-refractivity contribution in [2.45, 2.75) is 6.92 Å². The van der Waals surface area contributed by atoms with Gasteiger partial charge in [-0.15, -0.1) is 0 Å². The van der Waals surface area contributed by atoms with E-state index >= 15 is 0 Å². The Hall–Kier alpha value is -2.24. The van der Waals surface area contributed by atoms with Gasteiger partial charge in [0.15, 0.2) is 17.9 Å². The number of para-hydroxylation sites is 1. The summed E-state index contributed by atoms with van der Waals surface area (Å²) in [6, 6.07) is 3.42. The van der Waals surface area contributed by atoms with Crippen LogP contribution in [0.5, 0.6) is 0 Å². The van der Waals surface area contributed by atoms with Crippen molar-refractivity contribution in [3.8, 4) is 5.69 Å². The number of nitrogens with two attached hydrogens (primary N) is 1. The number of rotatable bonds is 2. The molecule has 0 bridgehead atoms. The Bertz CT molecular complexity index is 572. The zero-order chi connectivity index (χ0) is 12.6. The lowest BCUT2D eigenvalue weighted by atomic mass is 10.2. The summed E-state index contributed by atoms with van der Waals surface area (Å²) in [6.07, 6.45) is 0.507. The van der Waals surface area contributed by atoms with Gasteiger partial charge in [-0.1, -0.05) is 6.07 Å². The van der Waals surface area contributed by atoms with Crippen molar-refractivity contribution < 1.29 is 13.6 Å². The van der Waals surface area contributed by atoms with E-state index in [-0.39, 0.29) is 17.1 Å². The molecule has 0 aliphatic heterocycles. The largest absolute Gasteiger partial charge is 0.383 e. The molecule has 0 saturated heterocycles. The Labute approximate surface area is 95.7 Å². The fourth-order valence-corrected chi connectivity index (χ4v) is 1.56. The molecule has 0 radical (unpaired) electrons. The molecule has 2 rings (SSSR count). The minimum Gasteiger partial charge on any atom is -0.383 e. The zero-order valence-corrected chi connectivity index (χ0v) is 8.95. The van der Waals surface area contributed by atoms with Crippen molar-refractivity contribution in [3.63, 3.8) is 0 Å². The van der Waals surface area contributed by atoms with Crippen LogP contribution in [0, 0.1) is 18.6 Å². The summed E-state index contributed by atoms with van der Waals surface area (Å²) in [6.45, 7) is 1.54. The van der Waals surface area contributed by atoms with Gasteiger partial charge in [0.25, 0.3) is 0 Å². The van der Waals surface area contributed by atoms with Gasteiger partial charge in [-0.2, -0.15) is 5.10 Å². The minimum absolute atomic E-state index is 0.0819. The van der Waals surface area contributed by atoms with Crippen LogP contribution >= 0.6 is 0 Å². The van der Waals surface area contributed by atoms with E-state index in [4.69, 9.17) is 5.73 Å². The Morgan fingerprint density at radius 3 is 2.41 bits per heavy atom. The van der Waals surface area contributed by atoms with Crippen LogP contribution < -0.4 is 5.73 Å². The Morgan fingerprint density at radius 2 is 1.94 bits per heavy atom. The molecule has 1 aromatic heterocycles. The predicted octanol–water partition coefficient (Wildman–Crippen LogP) is 1.85. The number of aldehydes is 1. The van der Waals surface area contributed by atoms with E-state index in [1.54, 1.807) is 0 Å². The van der Waals surface area contributed by atoms with Crippen molar-refractivity contribution in [2.24, 2.45) is 0 Å². The van der Waals surface area contributed by atoms with Gasteiger partial charge in [0.05, 0.1) is 11.3 Å². The number of nitrogen functional groups attached to an aromatic ring is 1. The first-order valence-electron chi connectivity index (χ1n) is 4.81. The molecule has 17 heavy (non-hydrogen) atoms. The number of carbonyl (C=O) groups is 1. The maximum Gasteiger partial charge on any atom is 0.155 e. The van der Waals surface area contributed by atoms with Gasteiger partial charge in [-0.3, -0.25) is 4.79 Å². The number of hydrogen-bond donors (Lipinski definition) is 1. The maximum atomic E-state index is 13.5. The van der Waals surface area contributed by atoms with Crippen LogP contribution in [0.2, 0.25) is 0 Å². The number of nitrogens with zero attached hydrogens (tertiary/aromatic N) is 2. The highest BCUT2D eigenvalue weighted by Crippen LogP contribution is 2.23. The van der Waals surface area contributed by atoms with Crippen molar-refractivity contribution in [1.82, 2.24) is 9.78 Å². The molecular formula is C11H9F2N3O. The van der Waals surface area contributed by atoms with Crippen molar-refractivity contribution in [1.29, 1.82) is 0 Å². The summed E-state index contributed by atoms with van der Waals surface area (Å²) in [5, 5.41) is 3.85. The van der Waals surface area contributed by atoms with E-state index in [9.17, 15) is 13.6 Å². The molecule has 88 valence electrons. The van der Waals surface area contributed by atoms with Gasteiger partial charge in [0.1, 0.15) is 11.5 Å². The lowest BCUT2D eigenvalue weighted by Crippen LogP contribution is -2.07. The van der Waals surface area contributed by atoms with Crippen molar-refractivity contribution in [3.05, 3.63) is 41.1 Å². The van der Waals surface area contributed by atoms with Gasteiger partial charge in [0, 0.05) is 0 Å². The normalized spacial score (nSPS) is 10.5. The summed E-state index contributed by atoms with van der Waals surface area (Å²) in [7, 11) is 0. The number of carbonyl (C=O) groups excluding carboxylic acids is 1. The maximum absolute atomic E-state index is 13.5. The van der Waals surface area contributed by atoms with Gasteiger partial charge in [-0.25, -0.2) is 13.5 Å². The van der Waals surface area contributed by atoms with Crippen LogP contribution in [-0.4, -0.2) is 16.1 Å². The molecule has 2 aromatic rings. The quantitative estimate of drug-likeness (QED) is 0.811. The van der Waals surface area contributed by atoms with Crippen LogP contribution in [-0.2, 0) is 0 Å². The molecule has 0 aliphatic rings. The summed E-state index contributed by atoms with van der Waals surface area (Å²) in [5.41, 5.74) is 5.68. The third kappa shape index (κ3) is 1.67. The molecule has 0 fully saturated rings. The molecule has 0 saturated carbocycles. The molecule has 0 aliphatic carbocycles. The standard InChI is InChI=1S/C11H9F2N3O/c1-6-7(5-17)11(14)16(15-6)10-8(12)3-2-4-9(10)13/h2-5H,14H2,1H3. The fraction of sp³-hybridized carbons (Fsp3) is 0.0909. The van der Waals surface area contributed by atoms with Crippen LogP contribution in [0.3, 0.4) is 0 Å². The van der Waals surface area contributed by atoms with Gasteiger partial charge in [-0.05, 0) is 19.1 Å². The van der Waals surface area contributed by atoms with E-state index in [0.29, 0.717) is 12.0 Å². The predicted molar refractivity (Wildman–Crippen MR) is 58.0 cm³/mol. The van der Waals surface area contributed by atoms with Gasteiger partial charge in [0.2, 0.25) is 0 Å². The Kier molecular flexibility index (Phi) is 2.63. The molecule has 0 atom stereocenters. The average Bonchev–Trinajstić information content (AvgIpc) is 2.54. The lowest BCUT2D eigenvalue weighted by molar-refractivity contribution is 0.112. The minimum atomic E-state index is -0.795. The number of aromatic nitrogens is 2. The summed E-state index contributed by atoms with van der Waals surface area (Å²) < 4.78 is 27.9. The smallest absolute Gasteiger partial charge is 0.155 e. The summed E-state index contributed by atoms with van der Waals surface area (Å²) >= 11 is 0. The average molecular weight is 237 g/mol. The third-order valence-electron chi connectivity index (χ3n) is 2.41. The topological polar surface area (TPSA) is 60.9 Å². The van der Waals surface area contributed by atoms with Crippen LogP contribution in [0.1, 0.15) is 16.1 Å². The molecule has 0 spiro atoms. The molecular weight excluding hydrogens is 228 g/mol. The lowest BCUT2D eigenvalue weighted by Gasteiger charge is -2.06. The number of benzene rings is 1. The Balaban J connectivity index is 2.73. The van der Waals surface area contributed by atoms with Crippen molar-refractivity contribution in [2.75, 3.05) is 5.73 Å². The van der Waals surface area contributed by atoms with E-state index in [2.05, 4.69) is 5.10 Å². The first kappa shape index (κ1) is 11.3. The second-order valence-electron chi connectivity index (χ2n) is 3.48. The first-order chi connectivity index (χ1) is 8.06. The van der Waals surface area contributed by atoms with Crippen LogP contribution in [0.25, 0.3) is 5.69 Å². The highest BCUT2D eigenvalue weighted by molar-refractivity contribution is 5.84. The molecule has 0 amide bonds. The summed E-state index contributed by atoms with van der Waals surface area (Å²) in [4.78, 5) is 10.7. The SMILES string of the molecule is Cc1nn(-c2c(F)cccc2F)c(N)c1C=O. The number of anilines is 1. The molecule has 0 unspecified atom stereocenters. The number of halogens is 2. The molecule has 1 heterocycles. The highest BCUT2D eigenvalue weighted by Gasteiger charge is 2.18. The summed E-state index contributed by atoms with van der Waals surface area (Å²) in [5.74, 6) is -1.67. The number of hydrogen-bond acceptors (Lipinski definition) is 3. The van der Waals surface area contributed by atoms with E-state index < -0.39 is 11.6 Å². The van der Waals surface area contributed by atoms with E-state index in [0.717, 1.165) is 16.8 Å². The monoisotopic (exact) mass is 237 g/mol.